The minimum Gasteiger partial charge on any atom is -0.357 e. The topological polar surface area (TPSA) is 70.4 Å². The van der Waals surface area contributed by atoms with Crippen LogP contribution in [-0.2, 0) is 19.4 Å². The number of guanidine groups is 1. The van der Waals surface area contributed by atoms with Crippen LogP contribution in [0, 0.1) is 0 Å². The first-order valence-electron chi connectivity index (χ1n) is 11.9. The van der Waals surface area contributed by atoms with E-state index in [9.17, 15) is 0 Å². The lowest BCUT2D eigenvalue weighted by molar-refractivity contribution is 0.159. The molecule has 30 heavy (non-hydrogen) atoms. The van der Waals surface area contributed by atoms with E-state index in [0.717, 1.165) is 63.3 Å². The number of hydrogen-bond acceptors (Lipinski definition) is 4. The quantitative estimate of drug-likeness (QED) is 0.221. The zero-order valence-corrected chi connectivity index (χ0v) is 21.4. The van der Waals surface area contributed by atoms with E-state index in [2.05, 4.69) is 44.1 Å². The molecule has 3 rings (SSSR count). The van der Waals surface area contributed by atoms with Crippen molar-refractivity contribution in [1.82, 2.24) is 30.3 Å². The van der Waals surface area contributed by atoms with Crippen molar-refractivity contribution in [2.75, 3.05) is 32.7 Å². The van der Waals surface area contributed by atoms with Crippen molar-refractivity contribution in [2.45, 2.75) is 90.6 Å². The summed E-state index contributed by atoms with van der Waals surface area (Å²) < 4.78 is 2.35. The van der Waals surface area contributed by atoms with Gasteiger partial charge in [0.15, 0.2) is 5.96 Å². The molecule has 172 valence electrons. The molecular weight excluding hydrogens is 489 g/mol. The highest BCUT2D eigenvalue weighted by atomic mass is 127. The molecule has 0 amide bonds. The van der Waals surface area contributed by atoms with Crippen LogP contribution in [0.1, 0.15) is 76.9 Å². The largest absolute Gasteiger partial charge is 0.357 e. The van der Waals surface area contributed by atoms with Gasteiger partial charge in [-0.05, 0) is 58.9 Å². The molecule has 8 heteroatoms. The maximum absolute atomic E-state index is 4.77. The third kappa shape index (κ3) is 7.98. The summed E-state index contributed by atoms with van der Waals surface area (Å²) in [5.74, 6) is 3.27. The molecule has 0 aromatic carbocycles. The highest BCUT2D eigenvalue weighted by molar-refractivity contribution is 14.0. The molecule has 1 aromatic heterocycles. The van der Waals surface area contributed by atoms with Crippen LogP contribution in [0.15, 0.2) is 4.99 Å². The number of likely N-dealkylation sites (tertiary alicyclic amines) is 1. The predicted octanol–water partition coefficient (Wildman–Crippen LogP) is 3.37. The molecule has 1 aromatic rings. The Bertz CT molecular complexity index is 631. The zero-order chi connectivity index (χ0) is 20.3. The van der Waals surface area contributed by atoms with Crippen LogP contribution in [0.2, 0.25) is 0 Å². The van der Waals surface area contributed by atoms with E-state index in [1.807, 2.05) is 0 Å². The van der Waals surface area contributed by atoms with E-state index in [1.54, 1.807) is 0 Å². The summed E-state index contributed by atoms with van der Waals surface area (Å²) in [5, 5.41) is 15.7. The Morgan fingerprint density at radius 3 is 2.77 bits per heavy atom. The van der Waals surface area contributed by atoms with Gasteiger partial charge in [0, 0.05) is 51.6 Å². The predicted molar refractivity (Wildman–Crippen MR) is 135 cm³/mol. The van der Waals surface area contributed by atoms with Crippen LogP contribution in [0.5, 0.6) is 0 Å². The molecule has 1 fully saturated rings. The lowest BCUT2D eigenvalue weighted by Gasteiger charge is -2.33. The van der Waals surface area contributed by atoms with Crippen LogP contribution in [0.25, 0.3) is 0 Å². The van der Waals surface area contributed by atoms with Crippen LogP contribution in [0.3, 0.4) is 0 Å². The fourth-order valence-electron chi connectivity index (χ4n) is 4.48. The molecule has 0 spiro atoms. The molecule has 1 saturated heterocycles. The SMILES string of the molecule is CCNC(=NCCCc1nnc2n1CCCCC2)NCCCN1CCCCC1C.I. The third-order valence-corrected chi connectivity index (χ3v) is 6.21. The third-order valence-electron chi connectivity index (χ3n) is 6.21. The smallest absolute Gasteiger partial charge is 0.191 e. The number of piperidine rings is 1. The molecule has 0 saturated carbocycles. The molecule has 7 nitrogen and oxygen atoms in total. The summed E-state index contributed by atoms with van der Waals surface area (Å²) in [5.41, 5.74) is 0. The van der Waals surface area contributed by atoms with Gasteiger partial charge in [0.2, 0.25) is 0 Å². The number of nitrogens with one attached hydrogen (secondary N) is 2. The zero-order valence-electron chi connectivity index (χ0n) is 19.0. The first-order chi connectivity index (χ1) is 14.3. The van der Waals surface area contributed by atoms with Crippen molar-refractivity contribution in [1.29, 1.82) is 0 Å². The first kappa shape index (κ1) is 25.4. The average Bonchev–Trinajstić information content (AvgIpc) is 2.95. The molecule has 0 aliphatic carbocycles. The van der Waals surface area contributed by atoms with Gasteiger partial charge in [-0.1, -0.05) is 12.8 Å². The van der Waals surface area contributed by atoms with E-state index < -0.39 is 0 Å². The second kappa shape index (κ2) is 14.2. The second-order valence-corrected chi connectivity index (χ2v) is 8.52. The van der Waals surface area contributed by atoms with E-state index >= 15 is 0 Å². The van der Waals surface area contributed by atoms with Crippen LogP contribution < -0.4 is 10.6 Å². The summed E-state index contributed by atoms with van der Waals surface area (Å²) in [7, 11) is 0. The Balaban J connectivity index is 0.00000320. The summed E-state index contributed by atoms with van der Waals surface area (Å²) in [6.07, 6.45) is 12.1. The number of halogens is 1. The maximum Gasteiger partial charge on any atom is 0.191 e. The van der Waals surface area contributed by atoms with Crippen LogP contribution in [0.4, 0.5) is 0 Å². The monoisotopic (exact) mass is 531 g/mol. The molecule has 3 heterocycles. The Morgan fingerprint density at radius 1 is 1.07 bits per heavy atom. The van der Waals surface area contributed by atoms with Gasteiger partial charge in [0.25, 0.3) is 0 Å². The number of hydrogen-bond donors (Lipinski definition) is 2. The highest BCUT2D eigenvalue weighted by Gasteiger charge is 2.17. The number of fused-ring (bicyclic) bond motifs is 1. The minimum atomic E-state index is 0. The van der Waals surface area contributed by atoms with Crippen molar-refractivity contribution < 1.29 is 0 Å². The standard InChI is InChI=1S/C22H41N7.HI/c1-3-23-22(25-15-10-17-28-16-8-6-11-19(28)2)24-14-9-13-21-27-26-20-12-5-4-7-18-29(20)21;/h19H,3-18H2,1-2H3,(H2,23,24,25);1H. The Hall–Kier alpha value is -0.900. The van der Waals surface area contributed by atoms with Crippen LogP contribution >= 0.6 is 24.0 Å². The van der Waals surface area contributed by atoms with E-state index in [0.29, 0.717) is 0 Å². The number of nitrogens with zero attached hydrogens (tertiary/aromatic N) is 5. The number of rotatable bonds is 9. The van der Waals surface area contributed by atoms with Crippen LogP contribution in [-0.4, -0.2) is 64.4 Å². The number of aryl methyl sites for hydroxylation is 2. The summed E-state index contributed by atoms with van der Waals surface area (Å²) in [6.45, 7) is 10.7. The van der Waals surface area contributed by atoms with E-state index in [-0.39, 0.29) is 24.0 Å². The lowest BCUT2D eigenvalue weighted by Crippen LogP contribution is -2.41. The molecule has 2 aliphatic heterocycles. The van der Waals surface area contributed by atoms with Crippen molar-refractivity contribution in [3.8, 4) is 0 Å². The van der Waals surface area contributed by atoms with E-state index in [1.165, 1.54) is 63.9 Å². The normalized spacial score (nSPS) is 20.2. The Kier molecular flexibility index (Phi) is 12.0. The fraction of sp³-hybridized carbons (Fsp3) is 0.864. The van der Waals surface area contributed by atoms with Crippen molar-refractivity contribution in [3.63, 3.8) is 0 Å². The van der Waals surface area contributed by atoms with Gasteiger partial charge < -0.3 is 20.1 Å². The first-order valence-corrected chi connectivity index (χ1v) is 11.9. The summed E-state index contributed by atoms with van der Waals surface area (Å²) >= 11 is 0. The van der Waals surface area contributed by atoms with E-state index in [4.69, 9.17) is 4.99 Å². The number of aliphatic imine (C=N–C) groups is 1. The average molecular weight is 532 g/mol. The van der Waals surface area contributed by atoms with Gasteiger partial charge in [0.1, 0.15) is 11.6 Å². The van der Waals surface area contributed by atoms with Gasteiger partial charge in [-0.2, -0.15) is 0 Å². The van der Waals surface area contributed by atoms with Crippen molar-refractivity contribution in [3.05, 3.63) is 11.6 Å². The maximum atomic E-state index is 4.77. The minimum absolute atomic E-state index is 0. The molecule has 0 bridgehead atoms. The summed E-state index contributed by atoms with van der Waals surface area (Å²) in [4.78, 5) is 7.40. The van der Waals surface area contributed by atoms with Gasteiger partial charge in [-0.15, -0.1) is 34.2 Å². The van der Waals surface area contributed by atoms with Gasteiger partial charge in [-0.25, -0.2) is 0 Å². The molecule has 2 N–H and O–H groups in total. The number of aromatic nitrogens is 3. The van der Waals surface area contributed by atoms with Gasteiger partial charge in [-0.3, -0.25) is 4.99 Å². The molecular formula is C22H42IN7. The van der Waals surface area contributed by atoms with Crippen molar-refractivity contribution >= 4 is 29.9 Å². The Morgan fingerprint density at radius 2 is 1.93 bits per heavy atom. The second-order valence-electron chi connectivity index (χ2n) is 8.52. The van der Waals surface area contributed by atoms with Gasteiger partial charge >= 0.3 is 0 Å². The fourth-order valence-corrected chi connectivity index (χ4v) is 4.48. The molecule has 1 atom stereocenters. The summed E-state index contributed by atoms with van der Waals surface area (Å²) in [6, 6.07) is 0.748. The lowest BCUT2D eigenvalue weighted by atomic mass is 10.0. The Labute approximate surface area is 199 Å². The molecule has 1 unspecified atom stereocenters. The molecule has 2 aliphatic rings. The van der Waals surface area contributed by atoms with Crippen molar-refractivity contribution in [2.24, 2.45) is 4.99 Å². The van der Waals surface area contributed by atoms with Gasteiger partial charge in [0.05, 0.1) is 0 Å². The highest BCUT2D eigenvalue weighted by Crippen LogP contribution is 2.16. The molecule has 0 radical (unpaired) electrons.